The molecule has 138 valence electrons. The summed E-state index contributed by atoms with van der Waals surface area (Å²) < 4.78 is 6.16. The van der Waals surface area contributed by atoms with Gasteiger partial charge in [-0.25, -0.2) is 0 Å². The highest BCUT2D eigenvalue weighted by Gasteiger charge is 2.66. The number of fused-ring (bicyclic) bond motifs is 1. The van der Waals surface area contributed by atoms with Crippen LogP contribution in [0.4, 0.5) is 0 Å². The molecule has 3 aliphatic heterocycles. The molecular formula is C21H26N2O3. The van der Waals surface area contributed by atoms with Crippen LogP contribution in [0.5, 0.6) is 0 Å². The van der Waals surface area contributed by atoms with Gasteiger partial charge in [-0.2, -0.15) is 0 Å². The lowest BCUT2D eigenvalue weighted by Gasteiger charge is -2.27. The molecule has 5 heteroatoms. The Hall–Kier alpha value is -2.14. The van der Waals surface area contributed by atoms with E-state index in [1.165, 1.54) is 11.1 Å². The number of carbonyl (C=O) groups is 2. The second-order valence-electron chi connectivity index (χ2n) is 7.75. The molecule has 0 unspecified atom stereocenters. The summed E-state index contributed by atoms with van der Waals surface area (Å²) in [6, 6.07) is 8.41. The van der Waals surface area contributed by atoms with Crippen molar-refractivity contribution in [3.63, 3.8) is 0 Å². The van der Waals surface area contributed by atoms with Crippen molar-refractivity contribution in [1.29, 1.82) is 0 Å². The molecule has 4 atom stereocenters. The van der Waals surface area contributed by atoms with Gasteiger partial charge in [0.1, 0.15) is 5.60 Å². The molecule has 1 aromatic carbocycles. The molecular weight excluding hydrogens is 328 g/mol. The van der Waals surface area contributed by atoms with Crippen LogP contribution < -0.4 is 0 Å². The number of amides is 2. The predicted octanol–water partition coefficient (Wildman–Crippen LogP) is 1.80. The average Bonchev–Trinajstić information content (AvgIpc) is 3.28. The summed E-state index contributed by atoms with van der Waals surface area (Å²) in [5, 5.41) is 0. The topological polar surface area (TPSA) is 49.9 Å². The summed E-state index contributed by atoms with van der Waals surface area (Å²) >= 11 is 0. The SMILES string of the molecule is CCN(C)C(=O)[C@H]1[C@@H]2C=C[C@@]3(CN(CCc4ccc(C)cc4)C(=O)[C@H]13)O2. The molecule has 4 rings (SSSR count). The first-order valence-corrected chi connectivity index (χ1v) is 9.41. The van der Waals surface area contributed by atoms with E-state index in [1.54, 1.807) is 11.9 Å². The van der Waals surface area contributed by atoms with Crippen molar-refractivity contribution in [3.8, 4) is 0 Å². The smallest absolute Gasteiger partial charge is 0.230 e. The van der Waals surface area contributed by atoms with Gasteiger partial charge in [0.2, 0.25) is 11.8 Å². The van der Waals surface area contributed by atoms with Gasteiger partial charge in [-0.05, 0) is 25.8 Å². The normalized spacial score (nSPS) is 31.6. The third-order valence-corrected chi connectivity index (χ3v) is 6.11. The largest absolute Gasteiger partial charge is 0.360 e. The number of carbonyl (C=O) groups excluding carboxylic acids is 2. The standard InChI is InChI=1S/C21H26N2O3/c1-4-22(3)19(24)17-16-9-11-21(26-16)13-23(20(25)18(17)21)12-10-15-7-5-14(2)6-8-15/h5-9,11,16-18H,4,10,12-13H2,1-3H3/t16-,17-,18-,21-/m0/s1. The molecule has 0 saturated carbocycles. The maximum Gasteiger partial charge on any atom is 0.230 e. The molecule has 2 bridgehead atoms. The highest BCUT2D eigenvalue weighted by molar-refractivity contribution is 5.93. The van der Waals surface area contributed by atoms with E-state index in [9.17, 15) is 9.59 Å². The predicted molar refractivity (Wildman–Crippen MR) is 98.5 cm³/mol. The van der Waals surface area contributed by atoms with E-state index in [2.05, 4.69) is 31.2 Å². The van der Waals surface area contributed by atoms with Gasteiger partial charge in [0.25, 0.3) is 0 Å². The zero-order valence-electron chi connectivity index (χ0n) is 15.6. The molecule has 0 N–H and O–H groups in total. The lowest BCUT2D eigenvalue weighted by Crippen LogP contribution is -2.44. The number of benzene rings is 1. The van der Waals surface area contributed by atoms with Gasteiger partial charge in [-0.3, -0.25) is 9.59 Å². The van der Waals surface area contributed by atoms with Crippen LogP contribution in [0.3, 0.4) is 0 Å². The van der Waals surface area contributed by atoms with Gasteiger partial charge in [-0.15, -0.1) is 0 Å². The number of nitrogens with zero attached hydrogens (tertiary/aromatic N) is 2. The first kappa shape index (κ1) is 17.3. The van der Waals surface area contributed by atoms with Crippen LogP contribution >= 0.6 is 0 Å². The highest BCUT2D eigenvalue weighted by atomic mass is 16.5. The van der Waals surface area contributed by atoms with Gasteiger partial charge in [-0.1, -0.05) is 42.0 Å². The molecule has 3 aliphatic rings. The number of likely N-dealkylation sites (tertiary alicyclic amines) is 1. The highest BCUT2D eigenvalue weighted by Crippen LogP contribution is 2.52. The number of rotatable bonds is 5. The van der Waals surface area contributed by atoms with Gasteiger partial charge in [0, 0.05) is 20.1 Å². The number of ether oxygens (including phenoxy) is 1. The Kier molecular flexibility index (Phi) is 4.14. The Bertz CT molecular complexity index is 757. The molecule has 1 aromatic rings. The Morgan fingerprint density at radius 3 is 2.77 bits per heavy atom. The molecule has 0 aromatic heterocycles. The number of aryl methyl sites for hydroxylation is 1. The van der Waals surface area contributed by atoms with E-state index < -0.39 is 5.60 Å². The third-order valence-electron chi connectivity index (χ3n) is 6.11. The summed E-state index contributed by atoms with van der Waals surface area (Å²) in [6.07, 6.45) is 4.54. The molecule has 2 amide bonds. The Balaban J connectivity index is 1.50. The summed E-state index contributed by atoms with van der Waals surface area (Å²) in [7, 11) is 1.79. The van der Waals surface area contributed by atoms with Crippen LogP contribution in [0.2, 0.25) is 0 Å². The Morgan fingerprint density at radius 2 is 2.08 bits per heavy atom. The molecule has 1 spiro atoms. The fourth-order valence-electron chi connectivity index (χ4n) is 4.48. The minimum absolute atomic E-state index is 0.0162. The van der Waals surface area contributed by atoms with Crippen molar-refractivity contribution in [3.05, 3.63) is 47.5 Å². The van der Waals surface area contributed by atoms with Crippen LogP contribution in [0.25, 0.3) is 0 Å². The fourth-order valence-corrected chi connectivity index (χ4v) is 4.48. The summed E-state index contributed by atoms with van der Waals surface area (Å²) in [5.41, 5.74) is 1.85. The van der Waals surface area contributed by atoms with Crippen LogP contribution in [0, 0.1) is 18.8 Å². The van der Waals surface area contributed by atoms with Crippen molar-refractivity contribution in [2.45, 2.75) is 32.0 Å². The van der Waals surface area contributed by atoms with E-state index in [-0.39, 0.29) is 29.8 Å². The number of hydrogen-bond acceptors (Lipinski definition) is 3. The summed E-state index contributed by atoms with van der Waals surface area (Å²) in [5.74, 6) is -0.687. The minimum Gasteiger partial charge on any atom is -0.360 e. The van der Waals surface area contributed by atoms with Crippen LogP contribution in [0.1, 0.15) is 18.1 Å². The minimum atomic E-state index is -0.607. The van der Waals surface area contributed by atoms with E-state index in [0.29, 0.717) is 19.6 Å². The lowest BCUT2D eigenvalue weighted by atomic mass is 9.76. The molecule has 0 aliphatic carbocycles. The van der Waals surface area contributed by atoms with Crippen molar-refractivity contribution in [2.75, 3.05) is 26.7 Å². The van der Waals surface area contributed by atoms with E-state index >= 15 is 0 Å². The molecule has 5 nitrogen and oxygen atoms in total. The summed E-state index contributed by atoms with van der Waals surface area (Å²) in [6.45, 7) is 5.86. The molecule has 2 fully saturated rings. The van der Waals surface area contributed by atoms with Gasteiger partial charge in [0.15, 0.2) is 0 Å². The van der Waals surface area contributed by atoms with E-state index in [0.717, 1.165) is 6.42 Å². The fraction of sp³-hybridized carbons (Fsp3) is 0.524. The second-order valence-corrected chi connectivity index (χ2v) is 7.75. The molecule has 0 radical (unpaired) electrons. The van der Waals surface area contributed by atoms with Gasteiger partial charge < -0.3 is 14.5 Å². The monoisotopic (exact) mass is 354 g/mol. The molecule has 3 heterocycles. The Labute approximate surface area is 154 Å². The van der Waals surface area contributed by atoms with E-state index in [4.69, 9.17) is 4.74 Å². The first-order valence-electron chi connectivity index (χ1n) is 9.41. The van der Waals surface area contributed by atoms with E-state index in [1.807, 2.05) is 24.0 Å². The second kappa shape index (κ2) is 6.23. The quantitative estimate of drug-likeness (QED) is 0.758. The maximum absolute atomic E-state index is 13.1. The third kappa shape index (κ3) is 2.57. The molecule has 26 heavy (non-hydrogen) atoms. The number of hydrogen-bond donors (Lipinski definition) is 0. The Morgan fingerprint density at radius 1 is 1.35 bits per heavy atom. The van der Waals surface area contributed by atoms with Crippen LogP contribution in [-0.2, 0) is 20.7 Å². The van der Waals surface area contributed by atoms with Crippen LogP contribution in [-0.4, -0.2) is 60.0 Å². The zero-order valence-corrected chi connectivity index (χ0v) is 15.6. The average molecular weight is 354 g/mol. The van der Waals surface area contributed by atoms with Crippen molar-refractivity contribution in [1.82, 2.24) is 9.80 Å². The zero-order chi connectivity index (χ0) is 18.5. The van der Waals surface area contributed by atoms with Gasteiger partial charge >= 0.3 is 0 Å². The molecule has 2 saturated heterocycles. The lowest BCUT2D eigenvalue weighted by molar-refractivity contribution is -0.142. The van der Waals surface area contributed by atoms with Crippen LogP contribution in [0.15, 0.2) is 36.4 Å². The van der Waals surface area contributed by atoms with Crippen molar-refractivity contribution in [2.24, 2.45) is 11.8 Å². The van der Waals surface area contributed by atoms with Crippen molar-refractivity contribution >= 4 is 11.8 Å². The van der Waals surface area contributed by atoms with Gasteiger partial charge in [0.05, 0.1) is 24.5 Å². The first-order chi connectivity index (χ1) is 12.4. The maximum atomic E-state index is 13.1. The van der Waals surface area contributed by atoms with Crippen molar-refractivity contribution < 1.29 is 14.3 Å². The summed E-state index contributed by atoms with van der Waals surface area (Å²) in [4.78, 5) is 29.5.